The van der Waals surface area contributed by atoms with Crippen LogP contribution in [0.1, 0.15) is 10.4 Å². The molecule has 0 radical (unpaired) electrons. The monoisotopic (exact) mass is 228 g/mol. The van der Waals surface area contributed by atoms with Crippen molar-refractivity contribution in [2.45, 2.75) is 0 Å². The Bertz CT molecular complexity index is 309. The maximum atomic E-state index is 11.0. The van der Waals surface area contributed by atoms with Gasteiger partial charge in [0.2, 0.25) is 0 Å². The number of rotatable bonds is 1. The Morgan fingerprint density at radius 2 is 2.25 bits per heavy atom. The van der Waals surface area contributed by atoms with Gasteiger partial charge in [0.25, 0.3) is 0 Å². The molecule has 0 spiro atoms. The van der Waals surface area contributed by atoms with Crippen molar-refractivity contribution in [3.8, 4) is 5.75 Å². The predicted molar refractivity (Wildman–Crippen MR) is 47.6 cm³/mol. The van der Waals surface area contributed by atoms with Gasteiger partial charge in [-0.25, -0.2) is 0 Å². The zero-order valence-corrected chi connectivity index (χ0v) is 9.00. The molecule has 0 aliphatic heterocycles. The number of ether oxygens (including phenoxy) is 1. The van der Waals surface area contributed by atoms with Crippen LogP contribution in [0.25, 0.3) is 0 Å². The maximum absolute atomic E-state index is 11.0. The molecule has 0 heterocycles. The first-order valence-electron chi connectivity index (χ1n) is 3.32. The summed E-state index contributed by atoms with van der Waals surface area (Å²) in [4.78, 5) is 11.0. The van der Waals surface area contributed by atoms with Crippen molar-refractivity contribution in [1.29, 1.82) is 0 Å². The van der Waals surface area contributed by atoms with Gasteiger partial charge in [0.15, 0.2) is 0 Å². The van der Waals surface area contributed by atoms with E-state index in [0.717, 1.165) is 4.35 Å². The molecule has 1 aromatic carbocycles. The summed E-state index contributed by atoms with van der Waals surface area (Å²) in [5.41, 5.74) is 0.207. The molecule has 1 aromatic rings. The van der Waals surface area contributed by atoms with E-state index >= 15 is 0 Å². The van der Waals surface area contributed by atoms with Crippen LogP contribution >= 0.6 is 0 Å². The molecule has 0 saturated carbocycles. The van der Waals surface area contributed by atoms with Crippen LogP contribution in [-0.2, 0) is 4.74 Å². The number of phenols is 1. The number of carbonyl (C=O) groups excluding carboxylic acids is 1. The Morgan fingerprint density at radius 1 is 1.58 bits per heavy atom. The number of aromatic hydroxyl groups is 1. The number of phenolic OH excluding ortho intramolecular Hbond substituents is 1. The Kier molecular flexibility index (Phi) is 2.77. The molecule has 0 bridgehead atoms. The average Bonchev–Trinajstić information content (AvgIpc) is 2.03. The van der Waals surface area contributed by atoms with E-state index in [4.69, 9.17) is 0 Å². The number of hydrogen-bond acceptors (Lipinski definition) is 3. The molecule has 1 atom stereocenters. The van der Waals surface area contributed by atoms with Gasteiger partial charge in [0.05, 0.1) is 0 Å². The molecule has 0 aliphatic rings. The van der Waals surface area contributed by atoms with Gasteiger partial charge in [-0.2, -0.15) is 0 Å². The predicted octanol–water partition coefficient (Wildman–Crippen LogP) is -0.563. The summed E-state index contributed by atoms with van der Waals surface area (Å²) in [6.07, 6.45) is 0. The van der Waals surface area contributed by atoms with Crippen molar-refractivity contribution in [2.75, 3.05) is 7.11 Å². The summed E-state index contributed by atoms with van der Waals surface area (Å²) in [5, 5.41) is 9.30. The fourth-order valence-corrected chi connectivity index (χ4v) is 1.36. The van der Waals surface area contributed by atoms with Gasteiger partial charge in [-0.1, -0.05) is 0 Å². The van der Waals surface area contributed by atoms with Crippen molar-refractivity contribution in [3.63, 3.8) is 0 Å². The third-order valence-electron chi connectivity index (χ3n) is 1.43. The summed E-state index contributed by atoms with van der Waals surface area (Å²) in [6.45, 7) is 0. The molecule has 0 aromatic heterocycles. The Morgan fingerprint density at radius 3 is 2.75 bits per heavy atom. The van der Waals surface area contributed by atoms with E-state index in [1.165, 1.54) is 24.0 Å². The van der Waals surface area contributed by atoms with Gasteiger partial charge < -0.3 is 0 Å². The van der Waals surface area contributed by atoms with Crippen molar-refractivity contribution >= 4 is 27.2 Å². The summed E-state index contributed by atoms with van der Waals surface area (Å²) >= 11 is 1.39. The first-order chi connectivity index (χ1) is 5.65. The summed E-state index contributed by atoms with van der Waals surface area (Å²) in [7, 11) is 1.28. The molecule has 0 fully saturated rings. The Hall–Kier alpha value is -0.952. The number of carbonyl (C=O) groups is 1. The number of esters is 1. The van der Waals surface area contributed by atoms with Gasteiger partial charge in [-0.15, -0.1) is 0 Å². The SMILES string of the molecule is COC(=O)c1ccc([AsH2])cc1O. The fourth-order valence-electron chi connectivity index (χ4n) is 0.831. The van der Waals surface area contributed by atoms with Crippen LogP contribution in [0, 0.1) is 0 Å². The molecule has 0 saturated heterocycles. The summed E-state index contributed by atoms with van der Waals surface area (Å²) in [6, 6.07) is 4.87. The molecular formula is C8H9AsO3. The third-order valence-corrected chi connectivity index (χ3v) is 2.18. The molecule has 1 rings (SSSR count). The van der Waals surface area contributed by atoms with Crippen molar-refractivity contribution in [3.05, 3.63) is 23.8 Å². The molecule has 1 N–H and O–H groups in total. The van der Waals surface area contributed by atoms with Crippen LogP contribution in [-0.4, -0.2) is 35.0 Å². The summed E-state index contributed by atoms with van der Waals surface area (Å²) in [5.74, 6) is -0.538. The van der Waals surface area contributed by atoms with Crippen LogP contribution in [0.5, 0.6) is 5.75 Å². The molecule has 0 aliphatic carbocycles. The molecule has 12 heavy (non-hydrogen) atoms. The second-order valence-electron chi connectivity index (χ2n) is 2.27. The molecule has 1 unspecified atom stereocenters. The summed E-state index contributed by atoms with van der Waals surface area (Å²) < 4.78 is 5.43. The second kappa shape index (κ2) is 3.63. The minimum atomic E-state index is -0.514. The van der Waals surface area contributed by atoms with E-state index in [1.807, 2.05) is 0 Å². The standard InChI is InChI=1S/C8H9AsO3/c1-12-8(11)6-3-2-5(9)4-7(6)10/h2-4,10H,9H2,1H3. The van der Waals surface area contributed by atoms with Crippen molar-refractivity contribution < 1.29 is 14.6 Å². The Balaban J connectivity index is 3.09. The average molecular weight is 228 g/mol. The van der Waals surface area contributed by atoms with Crippen LogP contribution < -0.4 is 4.35 Å². The third kappa shape index (κ3) is 1.80. The van der Waals surface area contributed by atoms with Crippen LogP contribution in [0.3, 0.4) is 0 Å². The molecule has 3 nitrogen and oxygen atoms in total. The zero-order chi connectivity index (χ0) is 9.14. The van der Waals surface area contributed by atoms with Crippen molar-refractivity contribution in [2.24, 2.45) is 0 Å². The van der Waals surface area contributed by atoms with E-state index in [-0.39, 0.29) is 11.3 Å². The molecular weight excluding hydrogens is 219 g/mol. The van der Waals surface area contributed by atoms with Crippen LogP contribution in [0.15, 0.2) is 18.2 Å². The normalized spacial score (nSPS) is 9.50. The van der Waals surface area contributed by atoms with E-state index in [0.29, 0.717) is 0 Å². The fraction of sp³-hybridized carbons (Fsp3) is 0.125. The number of hydrogen-bond donors (Lipinski definition) is 1. The van der Waals surface area contributed by atoms with Crippen LogP contribution in [0.4, 0.5) is 0 Å². The van der Waals surface area contributed by atoms with Crippen LogP contribution in [0.2, 0.25) is 0 Å². The molecule has 64 valence electrons. The van der Waals surface area contributed by atoms with Gasteiger partial charge >= 0.3 is 78.4 Å². The van der Waals surface area contributed by atoms with Gasteiger partial charge in [0.1, 0.15) is 0 Å². The van der Waals surface area contributed by atoms with Crippen molar-refractivity contribution in [1.82, 2.24) is 0 Å². The molecule has 0 amide bonds. The first-order valence-corrected chi connectivity index (χ1v) is 4.53. The minimum absolute atomic E-state index is 0.0243. The number of methoxy groups -OCH3 is 1. The van der Waals surface area contributed by atoms with Gasteiger partial charge in [-0.3, -0.25) is 0 Å². The number of benzene rings is 1. The topological polar surface area (TPSA) is 46.5 Å². The van der Waals surface area contributed by atoms with E-state index < -0.39 is 5.97 Å². The Labute approximate surface area is 78.9 Å². The van der Waals surface area contributed by atoms with E-state index in [9.17, 15) is 9.90 Å². The molecule has 4 heteroatoms. The van der Waals surface area contributed by atoms with E-state index in [1.54, 1.807) is 18.2 Å². The van der Waals surface area contributed by atoms with E-state index in [2.05, 4.69) is 4.74 Å². The first kappa shape index (κ1) is 9.14. The zero-order valence-electron chi connectivity index (χ0n) is 6.57. The quantitative estimate of drug-likeness (QED) is 0.517. The van der Waals surface area contributed by atoms with Gasteiger partial charge in [-0.05, 0) is 0 Å². The van der Waals surface area contributed by atoms with Gasteiger partial charge in [0, 0.05) is 0 Å². The second-order valence-corrected chi connectivity index (χ2v) is 3.67.